The number of anilines is 1. The number of pyridine rings is 1. The Labute approximate surface area is 206 Å². The number of nitriles is 1. The number of nitrogens with two attached hydrogens (primary N) is 1. The van der Waals surface area contributed by atoms with E-state index in [0.717, 1.165) is 61.3 Å². The van der Waals surface area contributed by atoms with Crippen molar-refractivity contribution in [3.8, 4) is 22.9 Å². The highest BCUT2D eigenvalue weighted by Crippen LogP contribution is 2.35. The van der Waals surface area contributed by atoms with E-state index >= 15 is 0 Å². The summed E-state index contributed by atoms with van der Waals surface area (Å²) in [7, 11) is 0. The molecule has 1 aromatic carbocycles. The molecule has 0 atom stereocenters. The number of nitrogens with zero attached hydrogens (tertiary/aromatic N) is 2. The van der Waals surface area contributed by atoms with Gasteiger partial charge in [0, 0.05) is 11.3 Å². The Hall–Kier alpha value is -2.54. The summed E-state index contributed by atoms with van der Waals surface area (Å²) < 4.78 is 5.99. The molecule has 0 amide bonds. The maximum atomic E-state index is 9.95. The van der Waals surface area contributed by atoms with Crippen LogP contribution < -0.4 is 10.5 Å². The second-order valence-corrected chi connectivity index (χ2v) is 9.75. The fourth-order valence-corrected chi connectivity index (χ4v) is 5.04. The number of aryl methyl sites for hydroxylation is 1. The van der Waals surface area contributed by atoms with Crippen molar-refractivity contribution >= 4 is 5.82 Å². The van der Waals surface area contributed by atoms with Crippen molar-refractivity contribution in [3.05, 3.63) is 41.1 Å². The van der Waals surface area contributed by atoms with Gasteiger partial charge in [0.05, 0.1) is 6.61 Å². The van der Waals surface area contributed by atoms with E-state index < -0.39 is 0 Å². The Morgan fingerprint density at radius 2 is 1.47 bits per heavy atom. The van der Waals surface area contributed by atoms with Crippen molar-refractivity contribution in [2.45, 2.75) is 110 Å². The third-order valence-corrected chi connectivity index (χ3v) is 7.02. The molecule has 0 saturated carbocycles. The van der Waals surface area contributed by atoms with Crippen molar-refractivity contribution in [3.63, 3.8) is 0 Å². The lowest BCUT2D eigenvalue weighted by molar-refractivity contribution is 0.304. The third kappa shape index (κ3) is 7.76. The third-order valence-electron chi connectivity index (χ3n) is 7.02. The SMILES string of the molecule is CCCCCCCCOc1ccc(-c2c(C#N)c(N)nc3c2CCCCCCCCCC3)cc1. The minimum absolute atomic E-state index is 0.367. The molecule has 1 aliphatic rings. The molecule has 3 rings (SSSR count). The van der Waals surface area contributed by atoms with Crippen molar-refractivity contribution in [2.24, 2.45) is 0 Å². The van der Waals surface area contributed by atoms with Crippen LogP contribution in [0.1, 0.15) is 114 Å². The zero-order valence-electron chi connectivity index (χ0n) is 21.2. The molecule has 0 saturated heterocycles. The number of benzene rings is 1. The molecule has 34 heavy (non-hydrogen) atoms. The average Bonchev–Trinajstić information content (AvgIpc) is 2.84. The Morgan fingerprint density at radius 1 is 0.853 bits per heavy atom. The lowest BCUT2D eigenvalue weighted by atomic mass is 9.89. The van der Waals surface area contributed by atoms with Gasteiger partial charge >= 0.3 is 0 Å². The number of hydrogen-bond acceptors (Lipinski definition) is 4. The van der Waals surface area contributed by atoms with Gasteiger partial charge in [0.2, 0.25) is 0 Å². The number of hydrogen-bond donors (Lipinski definition) is 1. The van der Waals surface area contributed by atoms with Crippen molar-refractivity contribution < 1.29 is 4.74 Å². The summed E-state index contributed by atoms with van der Waals surface area (Å²) in [6.07, 6.45) is 19.5. The van der Waals surface area contributed by atoms with Crippen molar-refractivity contribution in [2.75, 3.05) is 12.3 Å². The van der Waals surface area contributed by atoms with Crippen LogP contribution in [-0.2, 0) is 12.8 Å². The predicted octanol–water partition coefficient (Wildman–Crippen LogP) is 8.16. The number of ether oxygens (including phenoxy) is 1. The number of nitrogen functional groups attached to an aromatic ring is 1. The van der Waals surface area contributed by atoms with E-state index in [4.69, 9.17) is 15.5 Å². The monoisotopic (exact) mass is 461 g/mol. The maximum Gasteiger partial charge on any atom is 0.142 e. The summed E-state index contributed by atoms with van der Waals surface area (Å²) in [5.74, 6) is 1.26. The van der Waals surface area contributed by atoms with Gasteiger partial charge in [0.15, 0.2) is 0 Å². The van der Waals surface area contributed by atoms with Crippen LogP contribution in [0.25, 0.3) is 11.1 Å². The van der Waals surface area contributed by atoms with Crippen LogP contribution in [0, 0.1) is 11.3 Å². The summed E-state index contributed by atoms with van der Waals surface area (Å²) >= 11 is 0. The Kier molecular flexibility index (Phi) is 11.2. The minimum atomic E-state index is 0.367. The molecule has 1 aromatic heterocycles. The molecule has 184 valence electrons. The molecule has 4 heteroatoms. The van der Waals surface area contributed by atoms with Gasteiger partial charge in [-0.25, -0.2) is 4.98 Å². The van der Waals surface area contributed by atoms with Gasteiger partial charge < -0.3 is 10.5 Å². The highest BCUT2D eigenvalue weighted by molar-refractivity contribution is 5.79. The van der Waals surface area contributed by atoms with E-state index in [1.807, 2.05) is 12.1 Å². The van der Waals surface area contributed by atoms with Crippen LogP contribution in [0.2, 0.25) is 0 Å². The smallest absolute Gasteiger partial charge is 0.142 e. The van der Waals surface area contributed by atoms with Crippen LogP contribution >= 0.6 is 0 Å². The zero-order valence-corrected chi connectivity index (χ0v) is 21.2. The standard InChI is InChI=1S/C30H43N3O/c1-2-3-4-5-12-15-22-34-25-20-18-24(19-21-25)29-26-16-13-10-8-6-7-9-11-14-17-28(26)33-30(32)27(29)23-31/h18-21H,2-17,22H2,1H3,(H2,32,33). The van der Waals surface area contributed by atoms with Gasteiger partial charge in [-0.3, -0.25) is 0 Å². The number of rotatable bonds is 9. The van der Waals surface area contributed by atoms with Gasteiger partial charge in [0.1, 0.15) is 23.2 Å². The van der Waals surface area contributed by atoms with Crippen molar-refractivity contribution in [1.29, 1.82) is 5.26 Å². The van der Waals surface area contributed by atoms with Crippen LogP contribution in [0.15, 0.2) is 24.3 Å². The first kappa shape index (κ1) is 26.1. The van der Waals surface area contributed by atoms with E-state index in [-0.39, 0.29) is 0 Å². The Morgan fingerprint density at radius 3 is 2.15 bits per heavy atom. The lowest BCUT2D eigenvalue weighted by Crippen LogP contribution is -2.09. The average molecular weight is 462 g/mol. The van der Waals surface area contributed by atoms with Gasteiger partial charge in [-0.15, -0.1) is 0 Å². The van der Waals surface area contributed by atoms with E-state index in [9.17, 15) is 5.26 Å². The molecular weight excluding hydrogens is 418 g/mol. The second-order valence-electron chi connectivity index (χ2n) is 9.75. The zero-order chi connectivity index (χ0) is 24.0. The lowest BCUT2D eigenvalue weighted by Gasteiger charge is -2.19. The summed E-state index contributed by atoms with van der Waals surface area (Å²) in [4.78, 5) is 4.72. The highest BCUT2D eigenvalue weighted by Gasteiger charge is 2.20. The normalized spacial score (nSPS) is 14.9. The largest absolute Gasteiger partial charge is 0.494 e. The summed E-state index contributed by atoms with van der Waals surface area (Å²) in [6, 6.07) is 10.6. The molecular formula is C30H43N3O. The number of unbranched alkanes of at least 4 members (excludes halogenated alkanes) is 5. The predicted molar refractivity (Wildman–Crippen MR) is 142 cm³/mol. The highest BCUT2D eigenvalue weighted by atomic mass is 16.5. The quantitative estimate of drug-likeness (QED) is 0.382. The molecule has 0 fully saturated rings. The first-order valence-corrected chi connectivity index (χ1v) is 13.7. The first-order chi connectivity index (χ1) is 16.7. The molecule has 2 N–H and O–H groups in total. The van der Waals surface area contributed by atoms with Gasteiger partial charge in [0.25, 0.3) is 0 Å². The fourth-order valence-electron chi connectivity index (χ4n) is 5.04. The molecule has 0 unspecified atom stereocenters. The fraction of sp³-hybridized carbons (Fsp3) is 0.600. The van der Waals surface area contributed by atoms with Gasteiger partial charge in [-0.2, -0.15) is 5.26 Å². The molecule has 0 aliphatic heterocycles. The Balaban J connectivity index is 1.77. The maximum absolute atomic E-state index is 9.95. The number of aromatic nitrogens is 1. The minimum Gasteiger partial charge on any atom is -0.494 e. The van der Waals surface area contributed by atoms with Crippen LogP contribution in [0.3, 0.4) is 0 Å². The van der Waals surface area contributed by atoms with Crippen molar-refractivity contribution in [1.82, 2.24) is 4.98 Å². The summed E-state index contributed by atoms with van der Waals surface area (Å²) in [6.45, 7) is 3.00. The van der Waals surface area contributed by atoms with E-state index in [1.165, 1.54) is 76.2 Å². The molecule has 0 spiro atoms. The van der Waals surface area contributed by atoms with Crippen LogP contribution in [0.4, 0.5) is 5.82 Å². The number of fused-ring (bicyclic) bond motifs is 1. The first-order valence-electron chi connectivity index (χ1n) is 13.7. The topological polar surface area (TPSA) is 71.9 Å². The summed E-state index contributed by atoms with van der Waals surface area (Å²) in [5, 5.41) is 9.95. The molecule has 2 aromatic rings. The van der Waals surface area contributed by atoms with Crippen LogP contribution in [-0.4, -0.2) is 11.6 Å². The molecule has 0 bridgehead atoms. The van der Waals surface area contributed by atoms with Gasteiger partial charge in [-0.05, 0) is 55.4 Å². The van der Waals surface area contributed by atoms with E-state index in [2.05, 4.69) is 25.1 Å². The van der Waals surface area contributed by atoms with E-state index in [1.54, 1.807) is 0 Å². The molecule has 1 aliphatic carbocycles. The van der Waals surface area contributed by atoms with Crippen LogP contribution in [0.5, 0.6) is 5.75 Å². The summed E-state index contributed by atoms with van der Waals surface area (Å²) in [5.41, 5.74) is 11.2. The van der Waals surface area contributed by atoms with E-state index in [0.29, 0.717) is 11.4 Å². The second kappa shape index (κ2) is 14.7. The molecule has 1 heterocycles. The Bertz CT molecular complexity index is 914. The molecule has 4 nitrogen and oxygen atoms in total. The molecule has 0 radical (unpaired) electrons. The van der Waals surface area contributed by atoms with Gasteiger partial charge in [-0.1, -0.05) is 89.7 Å².